The number of nitrogens with two attached hydrogens (primary N) is 1. The molecule has 3 heteroatoms. The summed E-state index contributed by atoms with van der Waals surface area (Å²) in [7, 11) is 0. The molecule has 0 bridgehead atoms. The molecule has 1 aromatic carbocycles. The second-order valence-corrected chi connectivity index (χ2v) is 6.18. The number of aryl methyl sites for hydroxylation is 1. The van der Waals surface area contributed by atoms with Crippen molar-refractivity contribution in [1.29, 1.82) is 0 Å². The molecule has 0 saturated carbocycles. The van der Waals surface area contributed by atoms with Gasteiger partial charge in [0.05, 0.1) is 11.0 Å². The van der Waals surface area contributed by atoms with Gasteiger partial charge in [-0.3, -0.25) is 0 Å². The van der Waals surface area contributed by atoms with Crippen molar-refractivity contribution in [3.8, 4) is 0 Å². The molecule has 0 saturated heterocycles. The summed E-state index contributed by atoms with van der Waals surface area (Å²) in [5.41, 5.74) is 9.50. The van der Waals surface area contributed by atoms with Gasteiger partial charge in [0.25, 0.3) is 0 Å². The number of unbranched alkanes of at least 4 members (excludes halogenated alkanes) is 3. The highest BCUT2D eigenvalue weighted by molar-refractivity contribution is 5.77. The molecule has 0 aliphatic heterocycles. The van der Waals surface area contributed by atoms with E-state index >= 15 is 0 Å². The van der Waals surface area contributed by atoms with Crippen LogP contribution in [0.5, 0.6) is 0 Å². The van der Waals surface area contributed by atoms with Crippen LogP contribution in [0.15, 0.2) is 18.2 Å². The number of hydrogen-bond acceptors (Lipinski definition) is 2. The molecular formula is C18H29N3. The van der Waals surface area contributed by atoms with Gasteiger partial charge in [-0.2, -0.15) is 0 Å². The Hall–Kier alpha value is -1.35. The fourth-order valence-electron chi connectivity index (χ4n) is 2.82. The van der Waals surface area contributed by atoms with E-state index in [-0.39, 0.29) is 0 Å². The zero-order valence-electron chi connectivity index (χ0n) is 13.7. The average molecular weight is 287 g/mol. The van der Waals surface area contributed by atoms with Gasteiger partial charge in [-0.1, -0.05) is 46.1 Å². The molecule has 0 radical (unpaired) electrons. The summed E-state index contributed by atoms with van der Waals surface area (Å²) in [6.07, 6.45) is 5.97. The van der Waals surface area contributed by atoms with Crippen LogP contribution < -0.4 is 5.73 Å². The smallest absolute Gasteiger partial charge is 0.111 e. The zero-order chi connectivity index (χ0) is 15.2. The van der Waals surface area contributed by atoms with Gasteiger partial charge < -0.3 is 10.3 Å². The van der Waals surface area contributed by atoms with E-state index in [4.69, 9.17) is 10.7 Å². The molecule has 2 N–H and O–H groups in total. The number of hydrogen-bond donors (Lipinski definition) is 1. The van der Waals surface area contributed by atoms with Crippen molar-refractivity contribution < 1.29 is 0 Å². The van der Waals surface area contributed by atoms with Crippen molar-refractivity contribution >= 4 is 11.0 Å². The van der Waals surface area contributed by atoms with Crippen LogP contribution in [0.2, 0.25) is 0 Å². The number of fused-ring (bicyclic) bond motifs is 1. The predicted octanol–water partition coefficient (Wildman–Crippen LogP) is 4.24. The van der Waals surface area contributed by atoms with Crippen LogP contribution in [0.3, 0.4) is 0 Å². The Labute approximate surface area is 128 Å². The van der Waals surface area contributed by atoms with Crippen molar-refractivity contribution in [2.24, 2.45) is 5.73 Å². The summed E-state index contributed by atoms with van der Waals surface area (Å²) < 4.78 is 2.38. The van der Waals surface area contributed by atoms with Gasteiger partial charge in [0.1, 0.15) is 5.82 Å². The average Bonchev–Trinajstić information content (AvgIpc) is 2.81. The van der Waals surface area contributed by atoms with E-state index in [0.29, 0.717) is 12.5 Å². The number of benzene rings is 1. The Morgan fingerprint density at radius 1 is 1.19 bits per heavy atom. The van der Waals surface area contributed by atoms with Crippen molar-refractivity contribution in [2.75, 3.05) is 6.54 Å². The van der Waals surface area contributed by atoms with Crippen molar-refractivity contribution in [3.05, 3.63) is 29.6 Å². The molecule has 0 unspecified atom stereocenters. The first-order valence-corrected chi connectivity index (χ1v) is 8.36. The fraction of sp³-hybridized carbons (Fsp3) is 0.611. The third-order valence-electron chi connectivity index (χ3n) is 4.12. The van der Waals surface area contributed by atoms with Crippen molar-refractivity contribution in [1.82, 2.24) is 9.55 Å². The fourth-order valence-corrected chi connectivity index (χ4v) is 2.82. The van der Waals surface area contributed by atoms with Crippen LogP contribution >= 0.6 is 0 Å². The zero-order valence-corrected chi connectivity index (χ0v) is 13.7. The van der Waals surface area contributed by atoms with E-state index < -0.39 is 0 Å². The van der Waals surface area contributed by atoms with Gasteiger partial charge in [0, 0.05) is 13.0 Å². The highest BCUT2D eigenvalue weighted by Gasteiger charge is 2.11. The Bertz CT molecular complexity index is 569. The predicted molar refractivity (Wildman–Crippen MR) is 90.7 cm³/mol. The Kier molecular flexibility index (Phi) is 5.80. The third-order valence-corrected chi connectivity index (χ3v) is 4.12. The molecule has 2 aromatic rings. The summed E-state index contributed by atoms with van der Waals surface area (Å²) in [5, 5.41) is 0. The quantitative estimate of drug-likeness (QED) is 0.738. The van der Waals surface area contributed by atoms with E-state index in [1.807, 2.05) is 0 Å². The Morgan fingerprint density at radius 3 is 2.67 bits per heavy atom. The van der Waals surface area contributed by atoms with Crippen LogP contribution in [0.1, 0.15) is 63.8 Å². The topological polar surface area (TPSA) is 43.8 Å². The molecule has 1 heterocycles. The van der Waals surface area contributed by atoms with E-state index in [1.165, 1.54) is 36.8 Å². The largest absolute Gasteiger partial charge is 0.330 e. The number of rotatable bonds is 8. The van der Waals surface area contributed by atoms with E-state index in [9.17, 15) is 0 Å². The number of aromatic nitrogens is 2. The van der Waals surface area contributed by atoms with Gasteiger partial charge in [0.15, 0.2) is 0 Å². The monoisotopic (exact) mass is 287 g/mol. The molecule has 116 valence electrons. The minimum atomic E-state index is 0.544. The van der Waals surface area contributed by atoms with Gasteiger partial charge >= 0.3 is 0 Å². The molecular weight excluding hydrogens is 258 g/mol. The maximum Gasteiger partial charge on any atom is 0.111 e. The molecule has 0 amide bonds. The van der Waals surface area contributed by atoms with E-state index in [2.05, 4.69) is 43.5 Å². The second-order valence-electron chi connectivity index (χ2n) is 6.18. The molecule has 0 atom stereocenters. The van der Waals surface area contributed by atoms with Gasteiger partial charge in [-0.05, 0) is 36.6 Å². The van der Waals surface area contributed by atoms with Crippen LogP contribution in [0.25, 0.3) is 11.0 Å². The lowest BCUT2D eigenvalue weighted by Crippen LogP contribution is -2.10. The molecule has 3 nitrogen and oxygen atoms in total. The van der Waals surface area contributed by atoms with Crippen LogP contribution in [0.4, 0.5) is 0 Å². The summed E-state index contributed by atoms with van der Waals surface area (Å²) in [4.78, 5) is 4.83. The van der Waals surface area contributed by atoms with Gasteiger partial charge in [-0.15, -0.1) is 0 Å². The Morgan fingerprint density at radius 2 is 2.00 bits per heavy atom. The van der Waals surface area contributed by atoms with Crippen molar-refractivity contribution in [2.45, 2.75) is 65.3 Å². The van der Waals surface area contributed by atoms with Crippen molar-refractivity contribution in [3.63, 3.8) is 0 Å². The summed E-state index contributed by atoms with van der Waals surface area (Å²) in [6, 6.07) is 6.71. The molecule has 0 aliphatic carbocycles. The molecule has 0 spiro atoms. The lowest BCUT2D eigenvalue weighted by Gasteiger charge is -2.09. The summed E-state index contributed by atoms with van der Waals surface area (Å²) >= 11 is 0. The minimum absolute atomic E-state index is 0.544. The molecule has 0 fully saturated rings. The van der Waals surface area contributed by atoms with E-state index in [1.54, 1.807) is 0 Å². The van der Waals surface area contributed by atoms with Crippen LogP contribution in [-0.2, 0) is 13.0 Å². The SMILES string of the molecule is CCCCCCn1c(CCN)nc2cc(C(C)C)ccc21. The van der Waals surface area contributed by atoms with Crippen LogP contribution in [-0.4, -0.2) is 16.1 Å². The van der Waals surface area contributed by atoms with E-state index in [0.717, 1.165) is 24.3 Å². The maximum absolute atomic E-state index is 5.75. The van der Waals surface area contributed by atoms with Crippen LogP contribution in [0, 0.1) is 0 Å². The molecule has 2 rings (SSSR count). The number of imidazole rings is 1. The molecule has 0 aliphatic rings. The highest BCUT2D eigenvalue weighted by Crippen LogP contribution is 2.23. The standard InChI is InChI=1S/C18H29N3/c1-4-5-6-7-12-21-17-9-8-15(14(2)3)13-16(17)20-18(21)10-11-19/h8-9,13-14H,4-7,10-12,19H2,1-3H3. The lowest BCUT2D eigenvalue weighted by atomic mass is 10.0. The number of nitrogens with zero attached hydrogens (tertiary/aromatic N) is 2. The minimum Gasteiger partial charge on any atom is -0.330 e. The first kappa shape index (κ1) is 16.0. The summed E-state index contributed by atoms with van der Waals surface area (Å²) in [6.45, 7) is 8.43. The first-order valence-electron chi connectivity index (χ1n) is 8.36. The van der Waals surface area contributed by atoms with Gasteiger partial charge in [0.2, 0.25) is 0 Å². The normalized spacial score (nSPS) is 11.7. The lowest BCUT2D eigenvalue weighted by molar-refractivity contribution is 0.574. The second kappa shape index (κ2) is 7.60. The Balaban J connectivity index is 2.28. The highest BCUT2D eigenvalue weighted by atomic mass is 15.1. The summed E-state index contributed by atoms with van der Waals surface area (Å²) in [5.74, 6) is 1.69. The maximum atomic E-state index is 5.75. The molecule has 21 heavy (non-hydrogen) atoms. The molecule has 1 aromatic heterocycles. The van der Waals surface area contributed by atoms with Gasteiger partial charge in [-0.25, -0.2) is 4.98 Å². The third kappa shape index (κ3) is 3.85. The first-order chi connectivity index (χ1) is 10.2.